The van der Waals surface area contributed by atoms with Crippen LogP contribution in [-0.4, -0.2) is 11.9 Å². The van der Waals surface area contributed by atoms with Gasteiger partial charge in [0.1, 0.15) is 0 Å². The number of hydrogen-bond acceptors (Lipinski definition) is 1. The molecule has 2 rings (SSSR count). The Bertz CT molecular complexity index is 307. The number of benzene rings is 1. The third-order valence-corrected chi connectivity index (χ3v) is 2.64. The van der Waals surface area contributed by atoms with Gasteiger partial charge in [-0.15, -0.1) is 0 Å². The van der Waals surface area contributed by atoms with E-state index in [9.17, 15) is 4.79 Å². The molecule has 1 fully saturated rings. The molecule has 1 N–H and O–H groups in total. The van der Waals surface area contributed by atoms with Gasteiger partial charge < -0.3 is 5.32 Å². The van der Waals surface area contributed by atoms with E-state index in [2.05, 4.69) is 17.4 Å². The van der Waals surface area contributed by atoms with Crippen LogP contribution >= 0.6 is 0 Å². The number of β-lactam (4-membered cyclic amide) rings is 1. The molecule has 68 valence electrons. The molecule has 0 spiro atoms. The summed E-state index contributed by atoms with van der Waals surface area (Å²) in [5.41, 5.74) is 1.29. The number of carbonyl (C=O) groups is 1. The smallest absolute Gasteiger partial charge is 0.225 e. The van der Waals surface area contributed by atoms with Crippen LogP contribution in [0.25, 0.3) is 0 Å². The molecule has 1 amide bonds. The predicted octanol–water partition coefficient (Wildman–Crippen LogP) is 1.36. The second-order valence-corrected chi connectivity index (χ2v) is 3.59. The SMILES string of the molecule is C[C@@H]1C(=O)N[C@H]1Cc1ccccc1. The molecule has 0 unspecified atom stereocenters. The standard InChI is InChI=1S/C11H13NO/c1-8-10(12-11(8)13)7-9-5-3-2-4-6-9/h2-6,8,10H,7H2,1H3,(H,12,13)/t8-,10-/m0/s1. The van der Waals surface area contributed by atoms with Crippen LogP contribution in [0.1, 0.15) is 12.5 Å². The van der Waals surface area contributed by atoms with Crippen molar-refractivity contribution in [2.75, 3.05) is 0 Å². The quantitative estimate of drug-likeness (QED) is 0.676. The van der Waals surface area contributed by atoms with E-state index < -0.39 is 0 Å². The molecule has 0 aliphatic carbocycles. The predicted molar refractivity (Wildman–Crippen MR) is 51.2 cm³/mol. The maximum atomic E-state index is 10.9. The van der Waals surface area contributed by atoms with Crippen molar-refractivity contribution in [2.24, 2.45) is 5.92 Å². The second-order valence-electron chi connectivity index (χ2n) is 3.59. The highest BCUT2D eigenvalue weighted by atomic mass is 16.2. The Morgan fingerprint density at radius 1 is 1.31 bits per heavy atom. The Morgan fingerprint density at radius 3 is 2.54 bits per heavy atom. The summed E-state index contributed by atoms with van der Waals surface area (Å²) in [5, 5.41) is 2.90. The first kappa shape index (κ1) is 8.30. The zero-order valence-corrected chi connectivity index (χ0v) is 7.66. The lowest BCUT2D eigenvalue weighted by Crippen LogP contribution is -2.57. The summed E-state index contributed by atoms with van der Waals surface area (Å²) in [5.74, 6) is 0.362. The van der Waals surface area contributed by atoms with E-state index in [-0.39, 0.29) is 11.8 Å². The fourth-order valence-corrected chi connectivity index (χ4v) is 1.62. The van der Waals surface area contributed by atoms with Gasteiger partial charge in [0.05, 0.1) is 5.92 Å². The summed E-state index contributed by atoms with van der Waals surface area (Å²) in [7, 11) is 0. The molecule has 1 aromatic rings. The van der Waals surface area contributed by atoms with Crippen LogP contribution < -0.4 is 5.32 Å². The third kappa shape index (κ3) is 1.57. The molecule has 1 heterocycles. The fraction of sp³-hybridized carbons (Fsp3) is 0.364. The molecule has 2 atom stereocenters. The van der Waals surface area contributed by atoms with Crippen LogP contribution in [0.4, 0.5) is 0 Å². The van der Waals surface area contributed by atoms with Crippen LogP contribution in [0.15, 0.2) is 30.3 Å². The van der Waals surface area contributed by atoms with Gasteiger partial charge in [0.2, 0.25) is 5.91 Å². The highest BCUT2D eigenvalue weighted by molar-refractivity contribution is 5.85. The molecule has 1 aromatic carbocycles. The molecule has 0 aromatic heterocycles. The van der Waals surface area contributed by atoms with E-state index in [1.165, 1.54) is 5.56 Å². The van der Waals surface area contributed by atoms with Gasteiger partial charge in [0, 0.05) is 6.04 Å². The Hall–Kier alpha value is -1.31. The topological polar surface area (TPSA) is 29.1 Å². The van der Waals surface area contributed by atoms with Gasteiger partial charge in [0.25, 0.3) is 0 Å². The first-order valence-electron chi connectivity index (χ1n) is 4.61. The van der Waals surface area contributed by atoms with Crippen molar-refractivity contribution in [1.29, 1.82) is 0 Å². The summed E-state index contributed by atoms with van der Waals surface area (Å²) in [4.78, 5) is 10.9. The molecular formula is C11H13NO. The lowest BCUT2D eigenvalue weighted by Gasteiger charge is -2.34. The number of hydrogen-bond donors (Lipinski definition) is 1. The average molecular weight is 175 g/mol. The van der Waals surface area contributed by atoms with Crippen LogP contribution in [0, 0.1) is 5.92 Å². The molecule has 1 saturated heterocycles. The third-order valence-electron chi connectivity index (χ3n) is 2.64. The number of nitrogens with one attached hydrogen (secondary N) is 1. The van der Waals surface area contributed by atoms with E-state index >= 15 is 0 Å². The van der Waals surface area contributed by atoms with Crippen LogP contribution in [-0.2, 0) is 11.2 Å². The highest BCUT2D eigenvalue weighted by Gasteiger charge is 2.34. The van der Waals surface area contributed by atoms with Crippen LogP contribution in [0.3, 0.4) is 0 Å². The second kappa shape index (κ2) is 3.21. The number of carbonyl (C=O) groups excluding carboxylic acids is 1. The maximum Gasteiger partial charge on any atom is 0.225 e. The summed E-state index contributed by atoms with van der Waals surface area (Å²) in [6, 6.07) is 10.6. The van der Waals surface area contributed by atoms with Gasteiger partial charge in [0.15, 0.2) is 0 Å². The number of amides is 1. The van der Waals surface area contributed by atoms with Crippen LogP contribution in [0.5, 0.6) is 0 Å². The molecule has 2 heteroatoms. The van der Waals surface area contributed by atoms with E-state index in [4.69, 9.17) is 0 Å². The normalized spacial score (nSPS) is 26.4. The average Bonchev–Trinajstić information content (AvgIpc) is 2.19. The molecule has 13 heavy (non-hydrogen) atoms. The number of rotatable bonds is 2. The van der Waals surface area contributed by atoms with Crippen molar-refractivity contribution < 1.29 is 4.79 Å². The van der Waals surface area contributed by atoms with Gasteiger partial charge in [-0.1, -0.05) is 37.3 Å². The van der Waals surface area contributed by atoms with Gasteiger partial charge in [-0.25, -0.2) is 0 Å². The Balaban J connectivity index is 1.97. The van der Waals surface area contributed by atoms with Crippen molar-refractivity contribution in [2.45, 2.75) is 19.4 Å². The Labute approximate surface area is 78.0 Å². The van der Waals surface area contributed by atoms with Crippen molar-refractivity contribution in [1.82, 2.24) is 5.32 Å². The van der Waals surface area contributed by atoms with Crippen molar-refractivity contribution in [3.63, 3.8) is 0 Å². The van der Waals surface area contributed by atoms with Crippen LogP contribution in [0.2, 0.25) is 0 Å². The summed E-state index contributed by atoms with van der Waals surface area (Å²) in [6.07, 6.45) is 0.952. The lowest BCUT2D eigenvalue weighted by molar-refractivity contribution is -0.133. The van der Waals surface area contributed by atoms with Crippen molar-refractivity contribution >= 4 is 5.91 Å². The highest BCUT2D eigenvalue weighted by Crippen LogP contribution is 2.18. The Kier molecular flexibility index (Phi) is 2.05. The minimum absolute atomic E-state index is 0.181. The van der Waals surface area contributed by atoms with E-state index in [0.717, 1.165) is 6.42 Å². The molecule has 0 saturated carbocycles. The monoisotopic (exact) mass is 175 g/mol. The zero-order chi connectivity index (χ0) is 9.26. The van der Waals surface area contributed by atoms with Gasteiger partial charge in [-0.3, -0.25) is 4.79 Å². The molecule has 0 bridgehead atoms. The fourth-order valence-electron chi connectivity index (χ4n) is 1.62. The first-order valence-corrected chi connectivity index (χ1v) is 4.61. The maximum absolute atomic E-state index is 10.9. The first-order chi connectivity index (χ1) is 6.27. The minimum Gasteiger partial charge on any atom is -0.352 e. The molecular weight excluding hydrogens is 162 g/mol. The van der Waals surface area contributed by atoms with Gasteiger partial charge >= 0.3 is 0 Å². The van der Waals surface area contributed by atoms with E-state index in [1.807, 2.05) is 25.1 Å². The zero-order valence-electron chi connectivity index (χ0n) is 7.66. The largest absolute Gasteiger partial charge is 0.352 e. The van der Waals surface area contributed by atoms with Gasteiger partial charge in [-0.05, 0) is 12.0 Å². The summed E-state index contributed by atoms with van der Waals surface area (Å²) in [6.45, 7) is 1.98. The summed E-state index contributed by atoms with van der Waals surface area (Å²) >= 11 is 0. The summed E-state index contributed by atoms with van der Waals surface area (Å²) < 4.78 is 0. The van der Waals surface area contributed by atoms with E-state index in [1.54, 1.807) is 0 Å². The van der Waals surface area contributed by atoms with Crippen molar-refractivity contribution in [3.05, 3.63) is 35.9 Å². The minimum atomic E-state index is 0.181. The Morgan fingerprint density at radius 2 is 2.00 bits per heavy atom. The molecule has 0 radical (unpaired) electrons. The van der Waals surface area contributed by atoms with Crippen molar-refractivity contribution in [3.8, 4) is 0 Å². The lowest BCUT2D eigenvalue weighted by atomic mass is 9.87. The molecule has 1 aliphatic rings. The van der Waals surface area contributed by atoms with E-state index in [0.29, 0.717) is 6.04 Å². The molecule has 2 nitrogen and oxygen atoms in total. The van der Waals surface area contributed by atoms with Gasteiger partial charge in [-0.2, -0.15) is 0 Å². The molecule has 1 aliphatic heterocycles.